The fraction of sp³-hybridized carbons (Fsp3) is 0.645. The Bertz CT molecular complexity index is 913. The van der Waals surface area contributed by atoms with Crippen molar-refractivity contribution < 1.29 is 19.1 Å². The lowest BCUT2D eigenvalue weighted by atomic mass is 9.98. The molecular weight excluding hydrogens is 478 g/mol. The molecule has 0 aliphatic heterocycles. The van der Waals surface area contributed by atoms with Crippen molar-refractivity contribution in [1.29, 1.82) is 0 Å². The Morgan fingerprint density at radius 1 is 1.00 bits per heavy atom. The first-order chi connectivity index (χ1) is 17.9. The molecule has 2 N–H and O–H groups in total. The summed E-state index contributed by atoms with van der Waals surface area (Å²) in [5.74, 6) is 2.20. The Kier molecular flexibility index (Phi) is 14.6. The van der Waals surface area contributed by atoms with Crippen LogP contribution in [0.15, 0.2) is 24.3 Å². The van der Waals surface area contributed by atoms with Crippen LogP contribution >= 0.6 is 0 Å². The zero-order valence-corrected chi connectivity index (χ0v) is 24.6. The lowest BCUT2D eigenvalue weighted by Gasteiger charge is -2.35. The number of nitrogens with zero attached hydrogens (tertiary/aromatic N) is 1. The lowest BCUT2D eigenvalue weighted by molar-refractivity contribution is -0.143. The van der Waals surface area contributed by atoms with Crippen molar-refractivity contribution in [2.75, 3.05) is 13.1 Å². The van der Waals surface area contributed by atoms with Gasteiger partial charge in [-0.1, -0.05) is 71.4 Å². The van der Waals surface area contributed by atoms with Gasteiger partial charge in [-0.25, -0.2) is 4.79 Å². The molecule has 0 radical (unpaired) electrons. The molecule has 0 heterocycles. The Labute approximate surface area is 230 Å². The first-order valence-corrected chi connectivity index (χ1v) is 14.1. The largest absolute Gasteiger partial charge is 0.444 e. The van der Waals surface area contributed by atoms with Gasteiger partial charge in [0.2, 0.25) is 11.8 Å². The minimum absolute atomic E-state index is 0.132. The fourth-order valence-electron chi connectivity index (χ4n) is 4.16. The van der Waals surface area contributed by atoms with Crippen LogP contribution in [0.25, 0.3) is 0 Å². The van der Waals surface area contributed by atoms with Gasteiger partial charge < -0.3 is 20.3 Å². The van der Waals surface area contributed by atoms with Crippen LogP contribution in [0.3, 0.4) is 0 Å². The van der Waals surface area contributed by atoms with Gasteiger partial charge in [-0.3, -0.25) is 9.59 Å². The summed E-state index contributed by atoms with van der Waals surface area (Å²) in [7, 11) is 0. The van der Waals surface area contributed by atoms with Crippen LogP contribution in [0.4, 0.5) is 4.79 Å². The number of carbonyl (C=O) groups is 3. The molecule has 0 aliphatic carbocycles. The highest BCUT2D eigenvalue weighted by atomic mass is 16.6. The maximum Gasteiger partial charge on any atom is 0.408 e. The molecule has 7 nitrogen and oxygen atoms in total. The lowest BCUT2D eigenvalue weighted by Crippen LogP contribution is -2.53. The second-order valence-electron chi connectivity index (χ2n) is 11.2. The predicted molar refractivity (Wildman–Crippen MR) is 154 cm³/mol. The molecule has 2 unspecified atom stereocenters. The van der Waals surface area contributed by atoms with Gasteiger partial charge in [0.05, 0.1) is 0 Å². The monoisotopic (exact) mass is 527 g/mol. The highest BCUT2D eigenvalue weighted by molar-refractivity contribution is 5.92. The topological polar surface area (TPSA) is 87.7 Å². The van der Waals surface area contributed by atoms with Crippen molar-refractivity contribution in [2.24, 2.45) is 5.92 Å². The van der Waals surface area contributed by atoms with E-state index in [1.54, 1.807) is 37.8 Å². The summed E-state index contributed by atoms with van der Waals surface area (Å²) in [6.45, 7) is 14.5. The predicted octanol–water partition coefficient (Wildman–Crippen LogP) is 5.97. The SMILES string of the molecule is C#Cc1ccc(C(C(=O)NCCCCC)N(CCCCC)C(=O)C(CC(C)C)NC(=O)OC(C)(C)C)cc1. The summed E-state index contributed by atoms with van der Waals surface area (Å²) in [5.41, 5.74) is 0.683. The van der Waals surface area contributed by atoms with E-state index in [0.29, 0.717) is 30.6 Å². The first-order valence-electron chi connectivity index (χ1n) is 14.1. The number of ether oxygens (including phenoxy) is 1. The average molecular weight is 528 g/mol. The Morgan fingerprint density at radius 2 is 1.61 bits per heavy atom. The van der Waals surface area contributed by atoms with E-state index < -0.39 is 23.8 Å². The van der Waals surface area contributed by atoms with Gasteiger partial charge in [0.1, 0.15) is 17.7 Å². The molecule has 0 saturated heterocycles. The summed E-state index contributed by atoms with van der Waals surface area (Å²) in [5, 5.41) is 5.83. The van der Waals surface area contributed by atoms with Crippen LogP contribution in [-0.2, 0) is 14.3 Å². The molecule has 38 heavy (non-hydrogen) atoms. The van der Waals surface area contributed by atoms with Crippen molar-refractivity contribution in [3.63, 3.8) is 0 Å². The second kappa shape index (κ2) is 16.8. The average Bonchev–Trinajstić information content (AvgIpc) is 2.84. The van der Waals surface area contributed by atoms with E-state index in [4.69, 9.17) is 11.2 Å². The van der Waals surface area contributed by atoms with Crippen molar-refractivity contribution >= 4 is 17.9 Å². The molecule has 1 rings (SSSR count). The molecule has 3 amide bonds. The van der Waals surface area contributed by atoms with Gasteiger partial charge in [-0.15, -0.1) is 6.42 Å². The number of carbonyl (C=O) groups excluding carboxylic acids is 3. The molecular formula is C31H49N3O4. The van der Waals surface area contributed by atoms with E-state index in [2.05, 4.69) is 30.4 Å². The van der Waals surface area contributed by atoms with Gasteiger partial charge in [0.15, 0.2) is 0 Å². The van der Waals surface area contributed by atoms with E-state index >= 15 is 0 Å². The van der Waals surface area contributed by atoms with Crippen molar-refractivity contribution in [1.82, 2.24) is 15.5 Å². The Hall–Kier alpha value is -3.01. The van der Waals surface area contributed by atoms with Crippen LogP contribution in [0.5, 0.6) is 0 Å². The number of unbranched alkanes of at least 4 members (excludes halogenated alkanes) is 4. The molecule has 0 aromatic heterocycles. The van der Waals surface area contributed by atoms with Crippen LogP contribution in [-0.4, -0.2) is 47.5 Å². The van der Waals surface area contributed by atoms with E-state index in [0.717, 1.165) is 38.5 Å². The maximum absolute atomic E-state index is 14.1. The third-order valence-corrected chi connectivity index (χ3v) is 6.01. The van der Waals surface area contributed by atoms with Crippen LogP contribution in [0, 0.1) is 18.3 Å². The first kappa shape index (κ1) is 33.0. The van der Waals surface area contributed by atoms with Crippen molar-refractivity contribution in [3.05, 3.63) is 35.4 Å². The molecule has 212 valence electrons. The van der Waals surface area contributed by atoms with E-state index in [9.17, 15) is 14.4 Å². The van der Waals surface area contributed by atoms with E-state index in [1.165, 1.54) is 0 Å². The van der Waals surface area contributed by atoms with Crippen molar-refractivity contribution in [3.8, 4) is 12.3 Å². The highest BCUT2D eigenvalue weighted by Crippen LogP contribution is 2.25. The number of nitrogens with one attached hydrogen (secondary N) is 2. The van der Waals surface area contributed by atoms with Gasteiger partial charge in [-0.2, -0.15) is 0 Å². The Balaban J connectivity index is 3.44. The van der Waals surface area contributed by atoms with E-state index in [1.807, 2.05) is 26.0 Å². The van der Waals surface area contributed by atoms with Gasteiger partial charge in [0, 0.05) is 18.7 Å². The summed E-state index contributed by atoms with van der Waals surface area (Å²) < 4.78 is 5.45. The van der Waals surface area contributed by atoms with E-state index in [-0.39, 0.29) is 17.7 Å². The molecule has 0 fully saturated rings. The third-order valence-electron chi connectivity index (χ3n) is 6.01. The minimum atomic E-state index is -0.845. The molecule has 1 aromatic carbocycles. The Morgan fingerprint density at radius 3 is 2.13 bits per heavy atom. The van der Waals surface area contributed by atoms with Gasteiger partial charge in [0.25, 0.3) is 0 Å². The normalized spacial score (nSPS) is 12.8. The molecule has 7 heteroatoms. The maximum atomic E-state index is 14.1. The number of terminal acetylenes is 1. The van der Waals surface area contributed by atoms with Gasteiger partial charge in [-0.05, 0) is 63.6 Å². The fourth-order valence-corrected chi connectivity index (χ4v) is 4.16. The molecule has 0 bridgehead atoms. The second-order valence-corrected chi connectivity index (χ2v) is 11.2. The molecule has 2 atom stereocenters. The summed E-state index contributed by atoms with van der Waals surface area (Å²) >= 11 is 0. The number of alkyl carbamates (subject to hydrolysis) is 1. The minimum Gasteiger partial charge on any atom is -0.444 e. The summed E-state index contributed by atoms with van der Waals surface area (Å²) in [4.78, 5) is 42.1. The zero-order valence-electron chi connectivity index (χ0n) is 24.6. The number of hydrogen-bond acceptors (Lipinski definition) is 4. The molecule has 0 aliphatic rings. The van der Waals surface area contributed by atoms with Gasteiger partial charge >= 0.3 is 6.09 Å². The number of benzene rings is 1. The zero-order chi connectivity index (χ0) is 28.7. The third kappa shape index (κ3) is 12.0. The quantitative estimate of drug-likeness (QED) is 0.217. The number of hydrogen-bond donors (Lipinski definition) is 2. The summed E-state index contributed by atoms with van der Waals surface area (Å²) in [6, 6.07) is 5.52. The molecule has 1 aromatic rings. The highest BCUT2D eigenvalue weighted by Gasteiger charge is 2.36. The van der Waals surface area contributed by atoms with Crippen LogP contribution in [0.2, 0.25) is 0 Å². The van der Waals surface area contributed by atoms with Crippen LogP contribution < -0.4 is 10.6 Å². The van der Waals surface area contributed by atoms with Crippen LogP contribution in [0.1, 0.15) is 111 Å². The molecule has 0 saturated carbocycles. The summed E-state index contributed by atoms with van der Waals surface area (Å²) in [6.07, 6.45) is 10.9. The smallest absolute Gasteiger partial charge is 0.408 e. The number of amides is 3. The van der Waals surface area contributed by atoms with Crippen molar-refractivity contribution in [2.45, 2.75) is 111 Å². The number of rotatable bonds is 15. The molecule has 0 spiro atoms. The standard InChI is InChI=1S/C31H49N3O4/c1-9-12-14-20-32-28(35)27(25-18-16-24(11-3)17-19-25)34(21-15-13-10-2)29(36)26(22-23(4)5)33-30(37)38-31(6,7)8/h3,16-19,23,26-27H,9-10,12-15,20-22H2,1-2,4-8H3,(H,32,35)(H,33,37).